The number of aromatic amines is 1. The van der Waals surface area contributed by atoms with Crippen LogP contribution >= 0.6 is 0 Å². The first-order valence-corrected chi connectivity index (χ1v) is 13.6. The lowest BCUT2D eigenvalue weighted by atomic mass is 10.1. The van der Waals surface area contributed by atoms with Crippen molar-refractivity contribution in [3.63, 3.8) is 0 Å². The molecule has 2 aromatic carbocycles. The quantitative estimate of drug-likeness (QED) is 0.219. The number of carbonyl (C=O) groups excluding carboxylic acids is 2. The van der Waals surface area contributed by atoms with Crippen LogP contribution in [0.2, 0.25) is 0 Å². The van der Waals surface area contributed by atoms with Crippen LogP contribution in [0.25, 0.3) is 33.7 Å². The van der Waals surface area contributed by atoms with Gasteiger partial charge >= 0.3 is 0 Å². The molecule has 13 heteroatoms. The van der Waals surface area contributed by atoms with Crippen molar-refractivity contribution in [2.45, 2.75) is 32.6 Å². The topological polar surface area (TPSA) is 146 Å². The highest BCUT2D eigenvalue weighted by molar-refractivity contribution is 5.95. The van der Waals surface area contributed by atoms with Gasteiger partial charge in [0.25, 0.3) is 5.91 Å². The Hall–Kier alpha value is -5.43. The summed E-state index contributed by atoms with van der Waals surface area (Å²) in [6.07, 6.45) is 6.21. The third-order valence-electron chi connectivity index (χ3n) is 7.40. The van der Waals surface area contributed by atoms with Gasteiger partial charge < -0.3 is 25.4 Å². The summed E-state index contributed by atoms with van der Waals surface area (Å²) < 4.78 is 15.9. The predicted molar refractivity (Wildman–Crippen MR) is 157 cm³/mol. The van der Waals surface area contributed by atoms with Crippen LogP contribution in [0.1, 0.15) is 23.6 Å². The van der Waals surface area contributed by atoms with Crippen LogP contribution in [0, 0.1) is 12.7 Å². The molecule has 5 aromatic rings. The van der Waals surface area contributed by atoms with Crippen LogP contribution in [0.15, 0.2) is 73.3 Å². The number of hydrogen-bond donors (Lipinski definition) is 4. The maximum Gasteiger partial charge on any atom is 0.267 e. The first kappa shape index (κ1) is 27.7. The number of nitrogens with zero attached hydrogens (tertiary/aromatic N) is 6. The zero-order valence-electron chi connectivity index (χ0n) is 23.7. The van der Waals surface area contributed by atoms with Crippen molar-refractivity contribution in [3.05, 3.63) is 95.8 Å². The third kappa shape index (κ3) is 5.57. The number of carbonyl (C=O) groups is 2. The molecule has 0 aliphatic carbocycles. The molecule has 1 unspecified atom stereocenters. The second kappa shape index (κ2) is 11.4. The van der Waals surface area contributed by atoms with Gasteiger partial charge in [-0.2, -0.15) is 5.21 Å². The van der Waals surface area contributed by atoms with Gasteiger partial charge in [-0.05, 0) is 67.6 Å². The number of H-pyrrole nitrogens is 1. The van der Waals surface area contributed by atoms with E-state index in [1.807, 2.05) is 48.0 Å². The molecule has 0 saturated heterocycles. The molecule has 0 spiro atoms. The van der Waals surface area contributed by atoms with Crippen molar-refractivity contribution in [1.29, 1.82) is 0 Å². The molecule has 2 atom stereocenters. The van der Waals surface area contributed by atoms with Crippen molar-refractivity contribution in [3.8, 4) is 17.1 Å². The van der Waals surface area contributed by atoms with Crippen molar-refractivity contribution in [1.82, 2.24) is 51.0 Å². The van der Waals surface area contributed by atoms with Gasteiger partial charge in [0.15, 0.2) is 6.17 Å². The number of nitrogens with one attached hydrogen (secondary N) is 4. The van der Waals surface area contributed by atoms with Gasteiger partial charge in [0, 0.05) is 41.7 Å². The summed E-state index contributed by atoms with van der Waals surface area (Å²) >= 11 is 0. The SMILES string of the molecule is CNC(C)C(=O)N[C@@H]1C(=O)NC(c2cccc(-c3nn[nH]n3)c2)=CN1Cc1cncc(-n2cc(C)c3cc(F)ccc32)c1. The summed E-state index contributed by atoms with van der Waals surface area (Å²) in [5, 5.41) is 23.6. The Morgan fingerprint density at radius 2 is 1.98 bits per heavy atom. The van der Waals surface area contributed by atoms with Gasteiger partial charge in [-0.1, -0.05) is 18.2 Å². The fourth-order valence-corrected chi connectivity index (χ4v) is 5.04. The molecular formula is C30H29FN10O2. The Morgan fingerprint density at radius 3 is 2.77 bits per heavy atom. The summed E-state index contributed by atoms with van der Waals surface area (Å²) in [6.45, 7) is 3.91. The number of amides is 2. The zero-order valence-corrected chi connectivity index (χ0v) is 23.7. The van der Waals surface area contributed by atoms with Gasteiger partial charge in [0.1, 0.15) is 5.82 Å². The Bertz CT molecular complexity index is 1850. The fraction of sp³-hybridized carbons (Fsp3) is 0.200. The van der Waals surface area contributed by atoms with Gasteiger partial charge in [-0.25, -0.2) is 4.39 Å². The second-order valence-electron chi connectivity index (χ2n) is 10.3. The monoisotopic (exact) mass is 580 g/mol. The number of tetrazole rings is 1. The minimum Gasteiger partial charge on any atom is -0.343 e. The molecule has 0 bridgehead atoms. The van der Waals surface area contributed by atoms with E-state index in [1.165, 1.54) is 12.1 Å². The van der Waals surface area contributed by atoms with E-state index in [9.17, 15) is 14.0 Å². The van der Waals surface area contributed by atoms with E-state index in [1.54, 1.807) is 43.5 Å². The number of rotatable bonds is 8. The summed E-state index contributed by atoms with van der Waals surface area (Å²) in [5.41, 5.74) is 5.35. The van der Waals surface area contributed by atoms with Crippen molar-refractivity contribution in [2.75, 3.05) is 7.05 Å². The molecule has 2 amide bonds. The molecular weight excluding hydrogens is 551 g/mol. The molecule has 43 heavy (non-hydrogen) atoms. The van der Waals surface area contributed by atoms with Crippen LogP contribution in [-0.4, -0.2) is 66.1 Å². The molecule has 4 heterocycles. The number of aryl methyl sites for hydroxylation is 1. The second-order valence-corrected chi connectivity index (χ2v) is 10.3. The van der Waals surface area contributed by atoms with E-state index in [-0.39, 0.29) is 18.3 Å². The van der Waals surface area contributed by atoms with Gasteiger partial charge in [-0.3, -0.25) is 14.6 Å². The molecule has 12 nitrogen and oxygen atoms in total. The van der Waals surface area contributed by atoms with E-state index in [4.69, 9.17) is 0 Å². The Kier molecular flexibility index (Phi) is 7.38. The minimum atomic E-state index is -0.978. The largest absolute Gasteiger partial charge is 0.343 e. The molecule has 0 radical (unpaired) electrons. The first-order chi connectivity index (χ1) is 20.8. The van der Waals surface area contributed by atoms with E-state index in [0.29, 0.717) is 11.5 Å². The van der Waals surface area contributed by atoms with E-state index in [0.717, 1.165) is 38.8 Å². The maximum absolute atomic E-state index is 13.9. The van der Waals surface area contributed by atoms with Crippen molar-refractivity contribution < 1.29 is 14.0 Å². The Balaban J connectivity index is 1.36. The fourth-order valence-electron chi connectivity index (χ4n) is 5.04. The number of benzene rings is 2. The van der Waals surface area contributed by atoms with Crippen LogP contribution in [0.4, 0.5) is 4.39 Å². The Morgan fingerprint density at radius 1 is 1.14 bits per heavy atom. The number of pyridine rings is 1. The number of hydrogen-bond acceptors (Lipinski definition) is 8. The maximum atomic E-state index is 13.9. The van der Waals surface area contributed by atoms with Crippen molar-refractivity contribution in [2.24, 2.45) is 0 Å². The lowest BCUT2D eigenvalue weighted by Gasteiger charge is -2.35. The van der Waals surface area contributed by atoms with Crippen LogP contribution in [0.5, 0.6) is 0 Å². The number of fused-ring (bicyclic) bond motifs is 1. The number of likely N-dealkylation sites (N-methyl/N-ethyl adjacent to an activating group) is 1. The summed E-state index contributed by atoms with van der Waals surface area (Å²) in [7, 11) is 1.68. The number of aromatic nitrogens is 6. The highest BCUT2D eigenvalue weighted by Crippen LogP contribution is 2.27. The average molecular weight is 581 g/mol. The zero-order chi connectivity index (χ0) is 30.1. The molecule has 3 aromatic heterocycles. The number of halogens is 1. The summed E-state index contributed by atoms with van der Waals surface area (Å²) in [6, 6.07) is 13.5. The lowest BCUT2D eigenvalue weighted by Crippen LogP contribution is -2.59. The van der Waals surface area contributed by atoms with Crippen LogP contribution in [0.3, 0.4) is 0 Å². The average Bonchev–Trinajstić information content (AvgIpc) is 3.67. The minimum absolute atomic E-state index is 0.258. The normalized spacial score (nSPS) is 15.7. The molecule has 6 rings (SSSR count). The molecule has 1 aliphatic rings. The molecule has 1 aliphatic heterocycles. The van der Waals surface area contributed by atoms with Crippen LogP contribution < -0.4 is 16.0 Å². The van der Waals surface area contributed by atoms with Gasteiger partial charge in [0.2, 0.25) is 11.7 Å². The van der Waals surface area contributed by atoms with E-state index >= 15 is 0 Å². The lowest BCUT2D eigenvalue weighted by molar-refractivity contribution is -0.133. The molecule has 0 saturated carbocycles. The highest BCUT2D eigenvalue weighted by Gasteiger charge is 2.32. The van der Waals surface area contributed by atoms with Gasteiger partial charge in [-0.15, -0.1) is 10.2 Å². The van der Waals surface area contributed by atoms with Crippen molar-refractivity contribution >= 4 is 28.4 Å². The molecule has 0 fully saturated rings. The van der Waals surface area contributed by atoms with Crippen LogP contribution in [-0.2, 0) is 16.1 Å². The van der Waals surface area contributed by atoms with E-state index in [2.05, 4.69) is 41.6 Å². The third-order valence-corrected chi connectivity index (χ3v) is 7.40. The first-order valence-electron chi connectivity index (χ1n) is 13.6. The highest BCUT2D eigenvalue weighted by atomic mass is 19.1. The summed E-state index contributed by atoms with van der Waals surface area (Å²) in [5.74, 6) is -0.588. The smallest absolute Gasteiger partial charge is 0.267 e. The predicted octanol–water partition coefficient (Wildman–Crippen LogP) is 2.63. The molecule has 218 valence electrons. The standard InChI is InChI=1S/C30H29FN10O2/c1-17-14-41(26-8-7-22(31)11-24(17)26)23-9-19(12-33-13-23)15-40-16-25(34-30(43)28(40)35-29(42)18(2)32-3)20-5-4-6-21(10-20)27-36-38-39-37-27/h4-14,16,18,28,32H,15H2,1-3H3,(H,34,43)(H,35,42)(H,36,37,38,39)/t18?,28-/m0/s1. The summed E-state index contributed by atoms with van der Waals surface area (Å²) in [4.78, 5) is 32.6. The molecule has 4 N–H and O–H groups in total. The van der Waals surface area contributed by atoms with Gasteiger partial charge in [0.05, 0.1) is 29.1 Å². The van der Waals surface area contributed by atoms with E-state index < -0.39 is 18.1 Å². The Labute approximate surface area is 246 Å².